The average Bonchev–Trinajstić information content (AvgIpc) is 4.09. The van der Waals surface area contributed by atoms with Gasteiger partial charge in [0, 0.05) is 42.5 Å². The summed E-state index contributed by atoms with van der Waals surface area (Å²) >= 11 is 0. The third-order valence-electron chi connectivity index (χ3n) is 13.6. The first-order valence-corrected chi connectivity index (χ1v) is 30.5. The van der Waals surface area contributed by atoms with Crippen LogP contribution in [0.15, 0.2) is 60.7 Å². The molecule has 0 spiro atoms. The number of ketones is 2. The van der Waals surface area contributed by atoms with Crippen LogP contribution in [0.2, 0.25) is 39.3 Å². The molecule has 0 aliphatic heterocycles. The number of fused-ring (bicyclic) bond motifs is 14. The number of hydrogen-bond acceptors (Lipinski definition) is 6. The molecule has 0 N–H and O–H groups in total. The fourth-order valence-corrected chi connectivity index (χ4v) is 13.7. The van der Waals surface area contributed by atoms with Gasteiger partial charge in [-0.25, -0.2) is 0 Å². The van der Waals surface area contributed by atoms with Crippen LogP contribution in [0.1, 0.15) is 132 Å². The quantitative estimate of drug-likeness (QED) is 0.0415. The largest absolute Gasteiger partial charge is 0.466 e. The zero-order chi connectivity index (χ0) is 45.8. The van der Waals surface area contributed by atoms with E-state index in [1.807, 2.05) is 18.2 Å². The molecule has 0 amide bonds. The number of allylic oxidation sites excluding steroid dienone is 2. The molecule has 3 aromatic carbocycles. The molecule has 6 nitrogen and oxygen atoms in total. The van der Waals surface area contributed by atoms with Gasteiger partial charge in [-0.15, -0.1) is 5.54 Å². The van der Waals surface area contributed by atoms with Crippen LogP contribution in [-0.2, 0) is 25.5 Å². The van der Waals surface area contributed by atoms with Gasteiger partial charge in [-0.3, -0.25) is 19.2 Å². The minimum Gasteiger partial charge on any atom is -0.466 e. The van der Waals surface area contributed by atoms with Crippen molar-refractivity contribution in [3.05, 3.63) is 99.6 Å². The van der Waals surface area contributed by atoms with Crippen LogP contribution in [0.3, 0.4) is 0 Å². The lowest BCUT2D eigenvalue weighted by Gasteiger charge is -2.47. The van der Waals surface area contributed by atoms with E-state index in [0.717, 1.165) is 47.6 Å². The van der Waals surface area contributed by atoms with Crippen molar-refractivity contribution in [3.8, 4) is 46.3 Å². The average molecular weight is 889 g/mol. The second kappa shape index (κ2) is 19.9. The highest BCUT2D eigenvalue weighted by Gasteiger charge is 2.59. The molecule has 64 heavy (non-hydrogen) atoms. The molecule has 0 heterocycles. The smallest absolute Gasteiger partial charge is 0.302 e. The Morgan fingerprint density at radius 1 is 0.703 bits per heavy atom. The first kappa shape index (κ1) is 46.8. The minimum absolute atomic E-state index is 0.207. The number of benzene rings is 3. The zero-order valence-corrected chi connectivity index (χ0v) is 41.2. The third-order valence-corrected chi connectivity index (χ3v) is 16.5. The highest BCUT2D eigenvalue weighted by Crippen LogP contribution is 2.70. The highest BCUT2D eigenvalue weighted by atomic mass is 28.3. The molecule has 6 unspecified atom stereocenters. The SMILES string of the molecule is C1=CC2CCC1C2.CC(=O)OCCCC#CC#Cc1ccccc1C(=O)C#C[Si](C)(C)C.CC(=O)OCCCc1c2c(c3c(c1[Si](C)(C)C)C(=O)c1ccccc1-3)C1C3CCC(C3)C21. The maximum atomic E-state index is 13.8. The molecule has 9 rings (SSSR count). The third kappa shape index (κ3) is 10.5. The van der Waals surface area contributed by atoms with Crippen molar-refractivity contribution in [2.24, 2.45) is 23.7 Å². The molecule has 0 radical (unpaired) electrons. The summed E-state index contributed by atoms with van der Waals surface area (Å²) in [5, 5.41) is 1.39. The molecule has 332 valence electrons. The van der Waals surface area contributed by atoms with Gasteiger partial charge in [0.05, 0.1) is 21.3 Å². The topological polar surface area (TPSA) is 86.7 Å². The Morgan fingerprint density at radius 3 is 1.91 bits per heavy atom. The van der Waals surface area contributed by atoms with Gasteiger partial charge in [0.25, 0.3) is 0 Å². The van der Waals surface area contributed by atoms with Crippen LogP contribution in [-0.4, -0.2) is 52.9 Å². The second-order valence-electron chi connectivity index (χ2n) is 20.5. The molecular formula is C56H64O6Si2. The van der Waals surface area contributed by atoms with E-state index in [1.165, 1.54) is 79.8 Å². The summed E-state index contributed by atoms with van der Waals surface area (Å²) in [5.41, 5.74) is 13.2. The van der Waals surface area contributed by atoms with E-state index in [9.17, 15) is 19.2 Å². The lowest BCUT2D eigenvalue weighted by Crippen LogP contribution is -2.47. The maximum absolute atomic E-state index is 13.8. The van der Waals surface area contributed by atoms with Gasteiger partial charge < -0.3 is 9.47 Å². The van der Waals surface area contributed by atoms with E-state index in [0.29, 0.717) is 49.0 Å². The molecule has 3 saturated carbocycles. The number of carbonyl (C=O) groups excluding carboxylic acids is 4. The van der Waals surface area contributed by atoms with Crippen LogP contribution in [0.5, 0.6) is 0 Å². The van der Waals surface area contributed by atoms with E-state index in [1.54, 1.807) is 23.8 Å². The van der Waals surface area contributed by atoms with Crippen LogP contribution < -0.4 is 5.19 Å². The fourth-order valence-electron chi connectivity index (χ4n) is 11.1. The zero-order valence-electron chi connectivity index (χ0n) is 39.2. The van der Waals surface area contributed by atoms with Gasteiger partial charge in [-0.05, 0) is 156 Å². The van der Waals surface area contributed by atoms with Gasteiger partial charge in [-0.1, -0.05) is 99.7 Å². The molecule has 6 aliphatic carbocycles. The number of rotatable bonds is 9. The standard InChI is InChI=1S/C28H32O3Si.C21H22O3Si.C7H10/c1-15(29)31-13-7-10-20-24-21-16-11-12-17(14-16)22(21)25(24)23-18-8-5-6-9-19(18)27(30)26(23)28(20)32(2,3)4;1-18(22)24-16-11-7-5-6-8-12-19-13-9-10-14-20(19)21(23)15-17-25(2,3)4;1-2-7-4-3-6(1)5-7/h5-6,8-9,16-17,21-22H,7,10-14H2,1-4H3;9-10,13-14H,7,11,16H2,1-4H3;1-2,6-7H,3-5H2. The summed E-state index contributed by atoms with van der Waals surface area (Å²) in [4.78, 5) is 48.0. The van der Waals surface area contributed by atoms with E-state index in [4.69, 9.17) is 9.47 Å². The summed E-state index contributed by atoms with van der Waals surface area (Å²) < 4.78 is 10.1. The highest BCUT2D eigenvalue weighted by molar-refractivity contribution is 6.90. The lowest BCUT2D eigenvalue weighted by atomic mass is 9.58. The number of Topliss-reactive ketones (excluding diaryl/α,β-unsaturated/α-hetero) is 1. The molecule has 4 bridgehead atoms. The summed E-state index contributed by atoms with van der Waals surface area (Å²) in [7, 11) is -3.41. The summed E-state index contributed by atoms with van der Waals surface area (Å²) in [5.74, 6) is 18.6. The van der Waals surface area contributed by atoms with Gasteiger partial charge >= 0.3 is 11.9 Å². The first-order chi connectivity index (χ1) is 30.5. The van der Waals surface area contributed by atoms with E-state index in [2.05, 4.69) is 98.7 Å². The Labute approximate surface area is 383 Å². The molecular weight excluding hydrogens is 825 g/mol. The van der Waals surface area contributed by atoms with Crippen molar-refractivity contribution < 1.29 is 28.7 Å². The summed E-state index contributed by atoms with van der Waals surface area (Å²) in [6.45, 7) is 17.1. The number of hydrogen-bond donors (Lipinski definition) is 0. The lowest BCUT2D eigenvalue weighted by molar-refractivity contribution is -0.142. The minimum atomic E-state index is -1.81. The monoisotopic (exact) mass is 888 g/mol. The Bertz CT molecular complexity index is 2540. The van der Waals surface area contributed by atoms with E-state index in [-0.39, 0.29) is 23.5 Å². The number of ether oxygens (including phenoxy) is 2. The second-order valence-corrected chi connectivity index (χ2v) is 30.2. The number of esters is 2. The molecule has 8 heteroatoms. The Hall–Kier alpha value is -5.21. The van der Waals surface area contributed by atoms with Gasteiger partial charge in [0.15, 0.2) is 5.78 Å². The Kier molecular flexibility index (Phi) is 14.5. The van der Waals surface area contributed by atoms with Crippen molar-refractivity contribution in [3.63, 3.8) is 0 Å². The van der Waals surface area contributed by atoms with Crippen molar-refractivity contribution in [2.45, 2.75) is 129 Å². The van der Waals surface area contributed by atoms with Crippen LogP contribution >= 0.6 is 0 Å². The first-order valence-electron chi connectivity index (χ1n) is 23.5. The Morgan fingerprint density at radius 2 is 1.31 bits per heavy atom. The summed E-state index contributed by atoms with van der Waals surface area (Å²) in [6.07, 6.45) is 16.3. The normalized spacial score (nSPS) is 21.8. The maximum Gasteiger partial charge on any atom is 0.302 e. The molecule has 3 aromatic rings. The van der Waals surface area contributed by atoms with Crippen molar-refractivity contribution >= 4 is 44.8 Å². The van der Waals surface area contributed by atoms with Crippen molar-refractivity contribution in [2.75, 3.05) is 13.2 Å². The predicted octanol–water partition coefficient (Wildman–Crippen LogP) is 11.0. The van der Waals surface area contributed by atoms with E-state index >= 15 is 0 Å². The van der Waals surface area contributed by atoms with E-state index < -0.39 is 16.1 Å². The molecule has 0 aromatic heterocycles. The van der Waals surface area contributed by atoms with Crippen molar-refractivity contribution in [1.29, 1.82) is 0 Å². The number of unbranched alkanes of at least 4 members (excludes halogenated alkanes) is 1. The molecule has 3 fully saturated rings. The Balaban J connectivity index is 0.000000170. The van der Waals surface area contributed by atoms with Gasteiger partial charge in [0.2, 0.25) is 5.78 Å². The molecule has 6 aliphatic rings. The molecule has 0 saturated heterocycles. The van der Waals surface area contributed by atoms with Crippen LogP contribution in [0, 0.1) is 58.8 Å². The van der Waals surface area contributed by atoms with Gasteiger partial charge in [0.1, 0.15) is 8.07 Å². The van der Waals surface area contributed by atoms with Crippen LogP contribution in [0.25, 0.3) is 11.1 Å². The number of carbonyl (C=O) groups is 4. The summed E-state index contributed by atoms with van der Waals surface area (Å²) in [6, 6.07) is 15.4. The van der Waals surface area contributed by atoms with Gasteiger partial charge in [-0.2, -0.15) is 0 Å². The van der Waals surface area contributed by atoms with Crippen LogP contribution in [0.4, 0.5) is 0 Å². The fraction of sp³-hybridized carbons (Fsp3) is 0.464. The van der Waals surface area contributed by atoms with Crippen molar-refractivity contribution in [1.82, 2.24) is 0 Å². The predicted molar refractivity (Wildman–Crippen MR) is 262 cm³/mol. The molecule has 6 atom stereocenters.